The predicted molar refractivity (Wildman–Crippen MR) is 223 cm³/mol. The van der Waals surface area contributed by atoms with Gasteiger partial charge in [0, 0.05) is 71.1 Å². The summed E-state index contributed by atoms with van der Waals surface area (Å²) in [5.74, 6) is 0.266. The van der Waals surface area contributed by atoms with E-state index in [2.05, 4.69) is 0 Å². The van der Waals surface area contributed by atoms with Crippen molar-refractivity contribution in [2.24, 2.45) is 10.9 Å². The van der Waals surface area contributed by atoms with Crippen LogP contribution in [0.25, 0.3) is 33.4 Å². The number of piperidine rings is 1. The zero-order valence-corrected chi connectivity index (χ0v) is 34.6. The second-order valence-corrected chi connectivity index (χ2v) is 19.7. The van der Waals surface area contributed by atoms with Gasteiger partial charge in [0.1, 0.15) is 17.1 Å². The summed E-state index contributed by atoms with van der Waals surface area (Å²) in [5.41, 5.74) is 5.52. The molecule has 16 heteroatoms. The van der Waals surface area contributed by atoms with Crippen LogP contribution in [0.2, 0.25) is 0 Å². The minimum Gasteiger partial charge on any atom is -0.456 e. The lowest BCUT2D eigenvalue weighted by molar-refractivity contribution is -0.121. The Morgan fingerprint density at radius 3 is 2.22 bits per heavy atom. The van der Waals surface area contributed by atoms with Crippen molar-refractivity contribution in [3.63, 3.8) is 0 Å². The fourth-order valence-electron chi connectivity index (χ4n) is 8.18. The van der Waals surface area contributed by atoms with Gasteiger partial charge < -0.3 is 9.32 Å². The van der Waals surface area contributed by atoms with E-state index < -0.39 is 30.3 Å². The minimum atomic E-state index is -4.43. The van der Waals surface area contributed by atoms with Crippen molar-refractivity contribution in [3.8, 4) is 22.5 Å². The van der Waals surface area contributed by atoms with E-state index in [0.29, 0.717) is 88.7 Å². The molecule has 0 saturated carbocycles. The zero-order chi connectivity index (χ0) is 41.9. The number of rotatable bonds is 10. The standard InChI is InChI=1S/C43H41N3O10S3/c1-3-6-29-23-33(58(50,51)52)11-15-38(29)44-31-9-13-35-40(25-31)56-41-26-32(46-22-19-30-24-34(59(53,54)55)12-16-39(30)46)10-14-36(41)43(35)37-7-4-5-8-42(37)57(48,49)45-20-17-28(18-21-45)27(2)47/h4-5,7-16,23-26,28H,3,6,17-22H2,1-2H3,(H,50,51,52)(H,53,54,55)/b44-31+. The van der Waals surface area contributed by atoms with E-state index in [1.807, 2.05) is 36.1 Å². The Hall–Kier alpha value is -5.23. The summed E-state index contributed by atoms with van der Waals surface area (Å²) >= 11 is 0. The molecule has 2 N–H and O–H groups in total. The molecule has 4 aromatic carbocycles. The lowest BCUT2D eigenvalue weighted by Gasteiger charge is -2.31. The first-order valence-corrected chi connectivity index (χ1v) is 23.5. The number of anilines is 2. The van der Waals surface area contributed by atoms with Crippen LogP contribution in [-0.2, 0) is 47.9 Å². The second-order valence-electron chi connectivity index (χ2n) is 14.9. The fraction of sp³-hybridized carbons (Fsp3) is 0.256. The largest absolute Gasteiger partial charge is 0.456 e. The van der Waals surface area contributed by atoms with Gasteiger partial charge in [0.25, 0.3) is 20.2 Å². The molecule has 1 fully saturated rings. The maximum Gasteiger partial charge on any atom is 0.294 e. The maximum atomic E-state index is 14.5. The summed E-state index contributed by atoms with van der Waals surface area (Å²) in [6.45, 7) is 4.45. The number of nitrogens with zero attached hydrogens (tertiary/aromatic N) is 3. The molecule has 3 aliphatic heterocycles. The summed E-state index contributed by atoms with van der Waals surface area (Å²) in [6, 6.07) is 26.5. The molecule has 0 spiro atoms. The van der Waals surface area contributed by atoms with Crippen molar-refractivity contribution in [2.45, 2.75) is 60.6 Å². The number of fused-ring (bicyclic) bond motifs is 3. The summed E-state index contributed by atoms with van der Waals surface area (Å²) in [6.07, 6.45) is 2.62. The summed E-state index contributed by atoms with van der Waals surface area (Å²) in [4.78, 5) is 18.7. The highest BCUT2D eigenvalue weighted by Gasteiger charge is 2.34. The van der Waals surface area contributed by atoms with E-state index in [1.165, 1.54) is 35.5 Å². The van der Waals surface area contributed by atoms with Crippen LogP contribution in [0.5, 0.6) is 0 Å². The highest BCUT2D eigenvalue weighted by Crippen LogP contribution is 2.45. The van der Waals surface area contributed by atoms with Crippen LogP contribution >= 0.6 is 0 Å². The summed E-state index contributed by atoms with van der Waals surface area (Å²) in [5, 5.41) is 1.12. The molecule has 4 aliphatic rings. The number of carbonyl (C=O) groups is 1. The van der Waals surface area contributed by atoms with Gasteiger partial charge in [-0.15, -0.1) is 0 Å². The van der Waals surface area contributed by atoms with Gasteiger partial charge in [-0.05, 0) is 110 Å². The molecule has 3 heterocycles. The average molecular weight is 856 g/mol. The van der Waals surface area contributed by atoms with E-state index in [1.54, 1.807) is 48.5 Å². The average Bonchev–Trinajstić information content (AvgIpc) is 3.63. The van der Waals surface area contributed by atoms with Gasteiger partial charge in [0.15, 0.2) is 0 Å². The molecule has 0 atom stereocenters. The summed E-state index contributed by atoms with van der Waals surface area (Å²) in [7, 11) is -12.8. The van der Waals surface area contributed by atoms with Crippen LogP contribution in [0.3, 0.4) is 0 Å². The lowest BCUT2D eigenvalue weighted by Crippen LogP contribution is -2.40. The number of Topliss-reactive ketones (excluding diaryl/α,β-unsaturated/α-hetero) is 1. The molecule has 0 aromatic heterocycles. The van der Waals surface area contributed by atoms with E-state index in [0.717, 1.165) is 16.9 Å². The van der Waals surface area contributed by atoms with Gasteiger partial charge in [0.05, 0.1) is 25.7 Å². The van der Waals surface area contributed by atoms with Crippen LogP contribution in [0.1, 0.15) is 44.2 Å². The highest BCUT2D eigenvalue weighted by atomic mass is 32.2. The van der Waals surface area contributed by atoms with E-state index in [9.17, 15) is 39.2 Å². The molecule has 8 rings (SSSR count). The smallest absolute Gasteiger partial charge is 0.294 e. The predicted octanol–water partition coefficient (Wildman–Crippen LogP) is 7.57. The number of hydrogen-bond acceptors (Lipinski definition) is 10. The van der Waals surface area contributed by atoms with Crippen LogP contribution in [0, 0.1) is 5.92 Å². The molecule has 0 amide bonds. The lowest BCUT2D eigenvalue weighted by atomic mass is 9.93. The molecule has 4 aromatic rings. The van der Waals surface area contributed by atoms with Crippen molar-refractivity contribution in [3.05, 3.63) is 114 Å². The van der Waals surface area contributed by atoms with Gasteiger partial charge in [-0.3, -0.25) is 13.9 Å². The molecule has 13 nitrogen and oxygen atoms in total. The van der Waals surface area contributed by atoms with Crippen LogP contribution in [0.15, 0.2) is 121 Å². The Balaban J connectivity index is 1.31. The van der Waals surface area contributed by atoms with Crippen molar-refractivity contribution < 1.29 is 43.6 Å². The van der Waals surface area contributed by atoms with Crippen molar-refractivity contribution in [1.29, 1.82) is 0 Å². The monoisotopic (exact) mass is 855 g/mol. The molecule has 306 valence electrons. The zero-order valence-electron chi connectivity index (χ0n) is 32.2. The van der Waals surface area contributed by atoms with Gasteiger partial charge in [0.2, 0.25) is 10.0 Å². The number of sulfonamides is 1. The molecular formula is C43H41N3O10S3. The maximum absolute atomic E-state index is 14.5. The Morgan fingerprint density at radius 2 is 1.51 bits per heavy atom. The number of benzene rings is 5. The van der Waals surface area contributed by atoms with Crippen LogP contribution in [-0.4, -0.2) is 64.1 Å². The topological polar surface area (TPSA) is 192 Å². The first-order chi connectivity index (χ1) is 28.0. The molecule has 1 aliphatic carbocycles. The Morgan fingerprint density at radius 1 is 0.797 bits per heavy atom. The van der Waals surface area contributed by atoms with Gasteiger partial charge in [-0.1, -0.05) is 31.5 Å². The number of hydrogen-bond donors (Lipinski definition) is 2. The first kappa shape index (κ1) is 40.5. The third-order valence-electron chi connectivity index (χ3n) is 11.2. The van der Waals surface area contributed by atoms with Crippen LogP contribution < -0.4 is 10.3 Å². The molecule has 59 heavy (non-hydrogen) atoms. The normalized spacial score (nSPS) is 15.9. The van der Waals surface area contributed by atoms with E-state index in [4.69, 9.17) is 9.41 Å². The SMILES string of the molecule is CCCc1cc(S(=O)(=O)O)ccc1/N=c1\ccc2c(-c3ccccc3S(=O)(=O)N3CCC(C(C)=O)CC3)c3ccc(N4CCc5cc(S(=O)(=O)O)ccc54)cc3oc-2c1. The molecule has 1 saturated heterocycles. The Labute approximate surface area is 342 Å². The highest BCUT2D eigenvalue weighted by molar-refractivity contribution is 7.89. The Bertz CT molecular complexity index is 3040. The Kier molecular flexibility index (Phi) is 10.6. The van der Waals surface area contributed by atoms with Gasteiger partial charge in [-0.2, -0.15) is 21.1 Å². The van der Waals surface area contributed by atoms with Crippen LogP contribution in [0.4, 0.5) is 17.1 Å². The van der Waals surface area contributed by atoms with Gasteiger partial charge >= 0.3 is 0 Å². The number of ketones is 1. The first-order valence-electron chi connectivity index (χ1n) is 19.2. The van der Waals surface area contributed by atoms with Crippen molar-refractivity contribution >= 4 is 64.1 Å². The summed E-state index contributed by atoms with van der Waals surface area (Å²) < 4.78 is 104. The quantitative estimate of drug-likeness (QED) is 0.102. The fourth-order valence-corrected chi connectivity index (χ4v) is 10.9. The molecule has 0 radical (unpaired) electrons. The van der Waals surface area contributed by atoms with E-state index in [-0.39, 0.29) is 39.5 Å². The van der Waals surface area contributed by atoms with Gasteiger partial charge in [-0.25, -0.2) is 13.4 Å². The van der Waals surface area contributed by atoms with Crippen molar-refractivity contribution in [2.75, 3.05) is 24.5 Å². The number of carbonyl (C=O) groups excluding carboxylic acids is 1. The second kappa shape index (κ2) is 15.4. The third kappa shape index (κ3) is 7.83. The molecule has 0 bridgehead atoms. The molecule has 0 unspecified atom stereocenters. The third-order valence-corrected chi connectivity index (χ3v) is 14.8. The number of aryl methyl sites for hydroxylation is 1. The van der Waals surface area contributed by atoms with Crippen molar-refractivity contribution in [1.82, 2.24) is 4.31 Å². The van der Waals surface area contributed by atoms with E-state index >= 15 is 0 Å². The minimum absolute atomic E-state index is 0.0517. The molecular weight excluding hydrogens is 815 g/mol.